The number of nitrogens with one attached hydrogen (secondary N) is 2. The van der Waals surface area contributed by atoms with Crippen LogP contribution in [0.5, 0.6) is 23.0 Å². The van der Waals surface area contributed by atoms with Crippen LogP contribution in [0.4, 0.5) is 0 Å². The van der Waals surface area contributed by atoms with Gasteiger partial charge in [-0.3, -0.25) is 9.59 Å². The summed E-state index contributed by atoms with van der Waals surface area (Å²) in [5.41, 5.74) is 2.93. The molecule has 0 fully saturated rings. The number of carbonyl (C=O) groups excluding carboxylic acids is 3. The molecule has 0 unspecified atom stereocenters. The number of rotatable bonds is 11. The number of ether oxygens (including phenoxy) is 4. The zero-order valence-corrected chi connectivity index (χ0v) is 22.2. The van der Waals surface area contributed by atoms with Crippen molar-refractivity contribution in [2.75, 3.05) is 27.9 Å². The minimum atomic E-state index is -0.628. The van der Waals surface area contributed by atoms with E-state index in [0.717, 1.165) is 0 Å². The molecule has 1 heterocycles. The van der Waals surface area contributed by atoms with Crippen molar-refractivity contribution in [2.24, 2.45) is 5.10 Å². The van der Waals surface area contributed by atoms with Crippen LogP contribution in [0.15, 0.2) is 68.8 Å². The van der Waals surface area contributed by atoms with E-state index in [-0.39, 0.29) is 17.9 Å². The van der Waals surface area contributed by atoms with Crippen LogP contribution >= 0.6 is 15.9 Å². The molecule has 198 valence electrons. The smallest absolute Gasteiger partial charge is 0.336 e. The molecule has 0 aliphatic heterocycles. The van der Waals surface area contributed by atoms with E-state index in [2.05, 4.69) is 31.8 Å². The summed E-state index contributed by atoms with van der Waals surface area (Å²) in [6, 6.07) is 11.2. The molecule has 0 bridgehead atoms. The van der Waals surface area contributed by atoms with Gasteiger partial charge in [0.05, 0.1) is 40.4 Å². The Morgan fingerprint density at radius 1 is 1.00 bits per heavy atom. The lowest BCUT2D eigenvalue weighted by molar-refractivity contribution is -0.129. The van der Waals surface area contributed by atoms with E-state index in [4.69, 9.17) is 23.4 Å². The van der Waals surface area contributed by atoms with Crippen molar-refractivity contribution in [1.29, 1.82) is 0 Å². The third kappa shape index (κ3) is 7.71. The van der Waals surface area contributed by atoms with E-state index in [1.54, 1.807) is 30.3 Å². The fourth-order valence-corrected chi connectivity index (χ4v) is 3.46. The highest BCUT2D eigenvalue weighted by molar-refractivity contribution is 9.10. The normalized spacial score (nSPS) is 10.8. The zero-order valence-electron chi connectivity index (χ0n) is 20.6. The molecule has 0 aliphatic carbocycles. The molecule has 0 saturated heterocycles. The second-order valence-electron chi connectivity index (χ2n) is 7.34. The minimum absolute atomic E-state index is 0.206. The number of esters is 1. The summed E-state index contributed by atoms with van der Waals surface area (Å²) < 4.78 is 26.9. The third-order valence-electron chi connectivity index (χ3n) is 4.84. The zero-order chi connectivity index (χ0) is 27.5. The van der Waals surface area contributed by atoms with Gasteiger partial charge in [0.25, 0.3) is 11.8 Å². The highest BCUT2D eigenvalue weighted by atomic mass is 79.9. The Hall–Kier alpha value is -4.58. The van der Waals surface area contributed by atoms with Gasteiger partial charge in [0.2, 0.25) is 5.75 Å². The fourth-order valence-electron chi connectivity index (χ4n) is 3.08. The molecule has 11 nitrogen and oxygen atoms in total. The largest absolute Gasteiger partial charge is 0.493 e. The van der Waals surface area contributed by atoms with Crippen molar-refractivity contribution >= 4 is 46.0 Å². The Morgan fingerprint density at radius 3 is 2.37 bits per heavy atom. The van der Waals surface area contributed by atoms with Gasteiger partial charge < -0.3 is 28.7 Å². The van der Waals surface area contributed by atoms with Gasteiger partial charge in [-0.15, -0.1) is 0 Å². The molecule has 2 amide bonds. The Morgan fingerprint density at radius 2 is 1.74 bits per heavy atom. The van der Waals surface area contributed by atoms with Crippen LogP contribution in [0.3, 0.4) is 0 Å². The summed E-state index contributed by atoms with van der Waals surface area (Å²) >= 11 is 3.34. The first-order valence-corrected chi connectivity index (χ1v) is 11.8. The molecule has 0 atom stereocenters. The Labute approximate surface area is 226 Å². The second-order valence-corrected chi connectivity index (χ2v) is 8.26. The standard InChI is InChI=1S/C26H24BrN3O8/c1-34-21-12-16(13-22(35-2)25(21)36-3)26(33)28-15-23(31)30-29-14-17-11-18(27)6-8-20(17)38-24(32)9-7-19-5-4-10-37-19/h4-14H,15H2,1-3H3,(H,28,33)(H,30,31)/b9-7+,29-14+. The molecule has 0 aliphatic rings. The monoisotopic (exact) mass is 585 g/mol. The SMILES string of the molecule is COc1cc(C(=O)NCC(=O)N/N=C/c2cc(Br)ccc2OC(=O)/C=C/c2ccco2)cc(OC)c1OC. The van der Waals surface area contributed by atoms with Crippen LogP contribution in [0.25, 0.3) is 6.08 Å². The van der Waals surface area contributed by atoms with E-state index in [9.17, 15) is 14.4 Å². The van der Waals surface area contributed by atoms with Gasteiger partial charge in [0, 0.05) is 21.7 Å². The summed E-state index contributed by atoms with van der Waals surface area (Å²) in [4.78, 5) is 36.9. The van der Waals surface area contributed by atoms with Crippen molar-refractivity contribution in [1.82, 2.24) is 10.7 Å². The van der Waals surface area contributed by atoms with E-state index in [1.165, 1.54) is 58.1 Å². The first-order chi connectivity index (χ1) is 18.3. The molecular formula is C26H24BrN3O8. The first-order valence-electron chi connectivity index (χ1n) is 11.0. The molecule has 1 aromatic heterocycles. The molecule has 3 aromatic rings. The average molecular weight is 586 g/mol. The van der Waals surface area contributed by atoms with Crippen LogP contribution in [-0.4, -0.2) is 51.9 Å². The van der Waals surface area contributed by atoms with E-state index < -0.39 is 17.8 Å². The summed E-state index contributed by atoms with van der Waals surface area (Å²) in [5.74, 6) is -0.0949. The molecular weight excluding hydrogens is 562 g/mol. The van der Waals surface area contributed by atoms with Crippen molar-refractivity contribution in [2.45, 2.75) is 0 Å². The molecule has 3 rings (SSSR count). The van der Waals surface area contributed by atoms with Gasteiger partial charge in [-0.2, -0.15) is 5.10 Å². The van der Waals surface area contributed by atoms with Crippen LogP contribution in [-0.2, 0) is 9.59 Å². The highest BCUT2D eigenvalue weighted by Crippen LogP contribution is 2.38. The molecule has 38 heavy (non-hydrogen) atoms. The van der Waals surface area contributed by atoms with Gasteiger partial charge in [0.1, 0.15) is 11.5 Å². The molecule has 2 aromatic carbocycles. The summed E-state index contributed by atoms with van der Waals surface area (Å²) in [6.07, 6.45) is 5.49. The van der Waals surface area contributed by atoms with Crippen LogP contribution in [0.2, 0.25) is 0 Å². The molecule has 0 spiro atoms. The first kappa shape index (κ1) is 28.0. The average Bonchev–Trinajstić information content (AvgIpc) is 3.45. The van der Waals surface area contributed by atoms with Crippen molar-refractivity contribution in [3.8, 4) is 23.0 Å². The Bertz CT molecular complexity index is 1330. The van der Waals surface area contributed by atoms with Crippen LogP contribution in [0.1, 0.15) is 21.7 Å². The number of halogens is 1. The second kappa shape index (κ2) is 13.7. The maximum absolute atomic E-state index is 12.5. The Balaban J connectivity index is 1.58. The molecule has 0 radical (unpaired) electrons. The lowest BCUT2D eigenvalue weighted by atomic mass is 10.1. The van der Waals surface area contributed by atoms with E-state index >= 15 is 0 Å². The third-order valence-corrected chi connectivity index (χ3v) is 5.33. The number of carbonyl (C=O) groups is 3. The number of nitrogens with zero attached hydrogens (tertiary/aromatic N) is 1. The molecule has 0 saturated carbocycles. The Kier molecular flexibility index (Phi) is 10.1. The van der Waals surface area contributed by atoms with Gasteiger partial charge in [-0.05, 0) is 48.5 Å². The quantitative estimate of drug-likeness (QED) is 0.114. The fraction of sp³-hybridized carbons (Fsp3) is 0.154. The predicted octanol–water partition coefficient (Wildman–Crippen LogP) is 3.57. The predicted molar refractivity (Wildman–Crippen MR) is 142 cm³/mol. The van der Waals surface area contributed by atoms with Gasteiger partial charge >= 0.3 is 5.97 Å². The summed E-state index contributed by atoms with van der Waals surface area (Å²) in [5, 5.41) is 6.38. The number of hydrogen-bond donors (Lipinski definition) is 2. The van der Waals surface area contributed by atoms with Gasteiger partial charge in [-0.1, -0.05) is 15.9 Å². The maximum Gasteiger partial charge on any atom is 0.336 e. The number of methoxy groups -OCH3 is 3. The van der Waals surface area contributed by atoms with Gasteiger partial charge in [0.15, 0.2) is 11.5 Å². The highest BCUT2D eigenvalue weighted by Gasteiger charge is 2.17. The van der Waals surface area contributed by atoms with Crippen LogP contribution in [0, 0.1) is 0 Å². The molecule has 2 N–H and O–H groups in total. The van der Waals surface area contributed by atoms with Crippen molar-refractivity contribution in [3.63, 3.8) is 0 Å². The van der Waals surface area contributed by atoms with Crippen molar-refractivity contribution in [3.05, 3.63) is 76.2 Å². The lowest BCUT2D eigenvalue weighted by Gasteiger charge is -2.14. The van der Waals surface area contributed by atoms with Crippen LogP contribution < -0.4 is 29.7 Å². The molecule has 12 heteroatoms. The lowest BCUT2D eigenvalue weighted by Crippen LogP contribution is -2.35. The number of benzene rings is 2. The maximum atomic E-state index is 12.5. The topological polar surface area (TPSA) is 138 Å². The summed E-state index contributed by atoms with van der Waals surface area (Å²) in [7, 11) is 4.31. The number of hydrogen-bond acceptors (Lipinski definition) is 9. The van der Waals surface area contributed by atoms with Gasteiger partial charge in [-0.25, -0.2) is 10.2 Å². The number of hydrazone groups is 1. The van der Waals surface area contributed by atoms with E-state index in [0.29, 0.717) is 33.0 Å². The van der Waals surface area contributed by atoms with Crippen molar-refractivity contribution < 1.29 is 37.7 Å². The number of amides is 2. The summed E-state index contributed by atoms with van der Waals surface area (Å²) in [6.45, 7) is -0.356. The van der Waals surface area contributed by atoms with E-state index in [1.807, 2.05) is 0 Å². The minimum Gasteiger partial charge on any atom is -0.493 e. The number of furan rings is 1.